The first-order valence-corrected chi connectivity index (χ1v) is 9.92. The molecule has 0 spiro atoms. The number of halogens is 1. The lowest BCUT2D eigenvalue weighted by molar-refractivity contribution is -0.291. The molecule has 0 atom stereocenters. The van der Waals surface area contributed by atoms with Crippen LogP contribution in [0.25, 0.3) is 11.6 Å². The summed E-state index contributed by atoms with van der Waals surface area (Å²) < 4.78 is 13.5. The third-order valence-electron chi connectivity index (χ3n) is 5.23. The third-order valence-corrected chi connectivity index (χ3v) is 5.23. The molecule has 1 aliphatic heterocycles. The minimum Gasteiger partial charge on any atom is -0.358 e. The summed E-state index contributed by atoms with van der Waals surface area (Å²) in [5.41, 5.74) is 4.90. The maximum absolute atomic E-state index is 13.5. The van der Waals surface area contributed by atoms with E-state index in [2.05, 4.69) is 10.3 Å². The molecule has 2 N–H and O–H groups in total. The first-order chi connectivity index (χ1) is 14.1. The molecule has 0 unspecified atom stereocenters. The predicted octanol–water partition coefficient (Wildman–Crippen LogP) is 4.07. The maximum atomic E-state index is 13.5. The Morgan fingerprint density at radius 2 is 2.07 bits per heavy atom. The van der Waals surface area contributed by atoms with E-state index in [0.29, 0.717) is 49.3 Å². The number of H-pyrrole nitrogens is 1. The molecule has 0 fully saturated rings. The van der Waals surface area contributed by atoms with Crippen LogP contribution in [0.4, 0.5) is 10.1 Å². The smallest absolute Gasteiger partial charge is 0.256 e. The Hall–Kier alpha value is -2.77. The van der Waals surface area contributed by atoms with Gasteiger partial charge in [-0.2, -0.15) is 0 Å². The van der Waals surface area contributed by atoms with Crippen molar-refractivity contribution in [2.45, 2.75) is 39.0 Å². The third kappa shape index (κ3) is 3.88. The molecule has 2 aromatic rings. The number of rotatable bonds is 7. The molecule has 6 nitrogen and oxygen atoms in total. The summed E-state index contributed by atoms with van der Waals surface area (Å²) in [7, 11) is 0. The van der Waals surface area contributed by atoms with Crippen LogP contribution in [0.2, 0.25) is 0 Å². The minimum atomic E-state index is -0.402. The van der Waals surface area contributed by atoms with Crippen molar-refractivity contribution in [1.29, 1.82) is 0 Å². The number of carbonyl (C=O) groups is 2. The van der Waals surface area contributed by atoms with Gasteiger partial charge in [0, 0.05) is 28.9 Å². The van der Waals surface area contributed by atoms with E-state index in [-0.39, 0.29) is 11.7 Å². The van der Waals surface area contributed by atoms with E-state index >= 15 is 0 Å². The van der Waals surface area contributed by atoms with Gasteiger partial charge in [-0.1, -0.05) is 0 Å². The number of benzene rings is 1. The topological polar surface area (TPSA) is 80.4 Å². The number of aryl methyl sites for hydroxylation is 1. The molecular weight excluding hydrogens is 375 g/mol. The van der Waals surface area contributed by atoms with Gasteiger partial charge in [0.2, 0.25) is 0 Å². The van der Waals surface area contributed by atoms with Gasteiger partial charge in [-0.05, 0) is 62.4 Å². The monoisotopic (exact) mass is 398 g/mol. The highest BCUT2D eigenvalue weighted by atomic mass is 19.1. The number of fused-ring (bicyclic) bond motifs is 2. The molecule has 29 heavy (non-hydrogen) atoms. The Morgan fingerprint density at radius 1 is 1.21 bits per heavy atom. The summed E-state index contributed by atoms with van der Waals surface area (Å²) in [5, 5.41) is 2.70. The van der Waals surface area contributed by atoms with Gasteiger partial charge in [-0.15, -0.1) is 0 Å². The highest BCUT2D eigenvalue weighted by Crippen LogP contribution is 2.36. The van der Waals surface area contributed by atoms with Crippen LogP contribution in [-0.4, -0.2) is 29.9 Å². The lowest BCUT2D eigenvalue weighted by Gasteiger charge is -2.11. The quantitative estimate of drug-likeness (QED) is 0.319. The van der Waals surface area contributed by atoms with Crippen molar-refractivity contribution in [1.82, 2.24) is 4.98 Å². The largest absolute Gasteiger partial charge is 0.358 e. The van der Waals surface area contributed by atoms with Crippen molar-refractivity contribution in [2.75, 3.05) is 18.5 Å². The van der Waals surface area contributed by atoms with E-state index in [1.165, 1.54) is 12.1 Å². The number of hydrogen-bond acceptors (Lipinski definition) is 4. The number of nitrogens with one attached hydrogen (secondary N) is 2. The Kier molecular flexibility index (Phi) is 5.60. The van der Waals surface area contributed by atoms with E-state index in [4.69, 9.17) is 9.78 Å². The van der Waals surface area contributed by atoms with E-state index in [0.717, 1.165) is 35.4 Å². The molecule has 1 aromatic heterocycles. The number of aromatic amines is 1. The zero-order valence-corrected chi connectivity index (χ0v) is 16.3. The fourth-order valence-corrected chi connectivity index (χ4v) is 3.98. The zero-order valence-electron chi connectivity index (χ0n) is 16.3. The molecule has 2 heterocycles. The van der Waals surface area contributed by atoms with Gasteiger partial charge < -0.3 is 10.3 Å². The van der Waals surface area contributed by atoms with Gasteiger partial charge in [0.25, 0.3) is 5.91 Å². The van der Waals surface area contributed by atoms with E-state index in [1.54, 1.807) is 12.1 Å². The van der Waals surface area contributed by atoms with Crippen LogP contribution in [-0.2, 0) is 27.4 Å². The van der Waals surface area contributed by atoms with Crippen molar-refractivity contribution in [2.24, 2.45) is 0 Å². The van der Waals surface area contributed by atoms with Crippen LogP contribution in [0.5, 0.6) is 0 Å². The number of ketones is 1. The van der Waals surface area contributed by atoms with E-state index < -0.39 is 5.82 Å². The first-order valence-electron chi connectivity index (χ1n) is 9.92. The Bertz CT molecular complexity index is 993. The Balaban J connectivity index is 1.69. The molecule has 4 rings (SSSR count). The second kappa shape index (κ2) is 8.31. The van der Waals surface area contributed by atoms with Crippen molar-refractivity contribution < 1.29 is 23.8 Å². The molecule has 0 saturated heterocycles. The van der Waals surface area contributed by atoms with Gasteiger partial charge in [0.1, 0.15) is 5.82 Å². The van der Waals surface area contributed by atoms with Gasteiger partial charge in [0.05, 0.1) is 24.5 Å². The van der Waals surface area contributed by atoms with Crippen molar-refractivity contribution in [3.05, 3.63) is 52.1 Å². The number of Topliss-reactive ketones (excluding diaryl/α,β-unsaturated/α-hetero) is 1. The van der Waals surface area contributed by atoms with Gasteiger partial charge in [-0.25, -0.2) is 14.2 Å². The van der Waals surface area contributed by atoms with Crippen LogP contribution in [0.3, 0.4) is 0 Å². The van der Waals surface area contributed by atoms with Gasteiger partial charge in [0.15, 0.2) is 5.78 Å². The average molecular weight is 398 g/mol. The summed E-state index contributed by atoms with van der Waals surface area (Å²) in [4.78, 5) is 38.4. The van der Waals surface area contributed by atoms with Crippen LogP contribution < -0.4 is 5.32 Å². The van der Waals surface area contributed by atoms with Gasteiger partial charge in [-0.3, -0.25) is 9.59 Å². The summed E-state index contributed by atoms with van der Waals surface area (Å²) in [6.45, 7) is 2.74. The lowest BCUT2D eigenvalue weighted by atomic mass is 9.91. The second-order valence-electron chi connectivity index (χ2n) is 7.18. The Labute approximate surface area is 168 Å². The highest BCUT2D eigenvalue weighted by Gasteiger charge is 2.28. The molecule has 2 aliphatic rings. The minimum absolute atomic E-state index is 0.131. The molecule has 1 aliphatic carbocycles. The Morgan fingerprint density at radius 3 is 2.90 bits per heavy atom. The number of amides is 1. The fraction of sp³-hybridized carbons (Fsp3) is 0.364. The lowest BCUT2D eigenvalue weighted by Crippen LogP contribution is -2.11. The van der Waals surface area contributed by atoms with Crippen LogP contribution >= 0.6 is 0 Å². The summed E-state index contributed by atoms with van der Waals surface area (Å²) in [5.74, 6) is -0.553. The molecule has 0 radical (unpaired) electrons. The molecule has 1 aromatic carbocycles. The predicted molar refractivity (Wildman–Crippen MR) is 107 cm³/mol. The molecule has 152 valence electrons. The van der Waals surface area contributed by atoms with Crippen LogP contribution in [0.1, 0.15) is 59.1 Å². The summed E-state index contributed by atoms with van der Waals surface area (Å²) >= 11 is 0. The van der Waals surface area contributed by atoms with Gasteiger partial charge >= 0.3 is 0 Å². The zero-order chi connectivity index (χ0) is 20.4. The van der Waals surface area contributed by atoms with Crippen LogP contribution in [0.15, 0.2) is 18.2 Å². The summed E-state index contributed by atoms with van der Waals surface area (Å²) in [6, 6.07) is 4.24. The van der Waals surface area contributed by atoms with Crippen LogP contribution in [0, 0.1) is 5.82 Å². The standard InChI is InChI=1S/C22H23FN2O4/c1-2-28-29-10-4-5-15-19(24-17-6-3-7-20(26)21(15)17)12-16-14-9-8-13(23)11-18(14)25-22(16)27/h8-9,11-12,24H,2-7,10H2,1H3,(H,25,27)/b16-12-. The molecule has 1 amide bonds. The first kappa shape index (κ1) is 19.5. The average Bonchev–Trinajstić information content (AvgIpc) is 3.19. The molecule has 0 bridgehead atoms. The highest BCUT2D eigenvalue weighted by molar-refractivity contribution is 6.34. The number of aromatic nitrogens is 1. The molecular formula is C22H23FN2O4. The van der Waals surface area contributed by atoms with Crippen molar-refractivity contribution in [3.8, 4) is 0 Å². The van der Waals surface area contributed by atoms with E-state index in [9.17, 15) is 14.0 Å². The molecule has 7 heteroatoms. The fourth-order valence-electron chi connectivity index (χ4n) is 3.98. The number of anilines is 1. The number of carbonyl (C=O) groups excluding carboxylic acids is 2. The van der Waals surface area contributed by atoms with Crippen molar-refractivity contribution in [3.63, 3.8) is 0 Å². The van der Waals surface area contributed by atoms with Crippen molar-refractivity contribution >= 4 is 29.0 Å². The SMILES string of the molecule is CCOOCCCc1c(/C=C2\C(=O)Nc3cc(F)ccc32)[nH]c2c1C(=O)CCC2. The summed E-state index contributed by atoms with van der Waals surface area (Å²) in [6.07, 6.45) is 5.23. The second-order valence-corrected chi connectivity index (χ2v) is 7.18. The number of hydrogen-bond donors (Lipinski definition) is 2. The molecule has 0 saturated carbocycles. The normalized spacial score (nSPS) is 16.8. The maximum Gasteiger partial charge on any atom is 0.256 e. The van der Waals surface area contributed by atoms with E-state index in [1.807, 2.05) is 6.92 Å².